The molecule has 5 aromatic rings. The molecule has 0 aliphatic rings. The van der Waals surface area contributed by atoms with Gasteiger partial charge in [-0.1, -0.05) is 44.2 Å². The summed E-state index contributed by atoms with van der Waals surface area (Å²) < 4.78 is 0. The molecule has 0 radical (unpaired) electrons. The Labute approximate surface area is 173 Å². The Kier molecular flexibility index (Phi) is 4.39. The van der Waals surface area contributed by atoms with Crippen LogP contribution < -0.4 is 0 Å². The van der Waals surface area contributed by atoms with E-state index in [1.165, 1.54) is 0 Å². The molecule has 3 heterocycles. The van der Waals surface area contributed by atoms with Crippen molar-refractivity contribution in [3.05, 3.63) is 77.9 Å². The Bertz CT molecular complexity index is 1360. The van der Waals surface area contributed by atoms with Crippen LogP contribution in [0.1, 0.15) is 41.6 Å². The Balaban J connectivity index is 1.53. The van der Waals surface area contributed by atoms with Crippen LogP contribution in [0.3, 0.4) is 0 Å². The van der Waals surface area contributed by atoms with Gasteiger partial charge in [0.05, 0.1) is 22.2 Å². The van der Waals surface area contributed by atoms with Gasteiger partial charge in [0.15, 0.2) is 5.82 Å². The van der Waals surface area contributed by atoms with Gasteiger partial charge in [-0.05, 0) is 35.7 Å². The van der Waals surface area contributed by atoms with E-state index in [9.17, 15) is 4.79 Å². The number of aromatic amines is 2. The maximum atomic E-state index is 12.7. The van der Waals surface area contributed by atoms with Gasteiger partial charge in [-0.15, -0.1) is 0 Å². The van der Waals surface area contributed by atoms with E-state index in [0.717, 1.165) is 33.4 Å². The van der Waals surface area contributed by atoms with E-state index in [1.54, 1.807) is 0 Å². The zero-order chi connectivity index (χ0) is 20.7. The summed E-state index contributed by atoms with van der Waals surface area (Å²) in [5.41, 5.74) is 6.36. The first-order chi connectivity index (χ1) is 14.6. The van der Waals surface area contributed by atoms with Crippen molar-refractivity contribution >= 4 is 27.7 Å². The first-order valence-electron chi connectivity index (χ1n) is 10.00. The van der Waals surface area contributed by atoms with Crippen molar-refractivity contribution in [3.8, 4) is 11.3 Å². The fourth-order valence-electron chi connectivity index (χ4n) is 3.65. The topological polar surface area (TPSA) is 87.3 Å². The van der Waals surface area contributed by atoms with Crippen molar-refractivity contribution in [2.45, 2.75) is 26.2 Å². The molecule has 148 valence electrons. The number of aromatic nitrogens is 5. The highest BCUT2D eigenvalue weighted by Crippen LogP contribution is 2.30. The van der Waals surface area contributed by atoms with Gasteiger partial charge in [0.25, 0.3) is 0 Å². The molecule has 0 unspecified atom stereocenters. The number of benzene rings is 2. The number of fused-ring (bicyclic) bond motifs is 2. The minimum absolute atomic E-state index is 0.0800. The third-order valence-corrected chi connectivity index (χ3v) is 5.28. The van der Waals surface area contributed by atoms with Crippen molar-refractivity contribution in [1.29, 1.82) is 0 Å². The number of H-pyrrole nitrogens is 2. The van der Waals surface area contributed by atoms with E-state index >= 15 is 0 Å². The maximum absolute atomic E-state index is 12.7. The zero-order valence-corrected chi connectivity index (χ0v) is 16.8. The van der Waals surface area contributed by atoms with Crippen molar-refractivity contribution in [3.63, 3.8) is 0 Å². The number of hydrogen-bond donors (Lipinski definition) is 2. The predicted octanol–water partition coefficient (Wildman–Crippen LogP) is 5.05. The standard InChI is InChI=1S/C24H21N5O/c1-14(2)18-11-16(8-9-25-18)23-17-12-20-21(13-19(17)28-29-23)27-24(26-20)22(30)10-15-6-4-3-5-7-15/h3-9,11-14,28-29H,10H2,1-2H3. The Morgan fingerprint density at radius 1 is 0.967 bits per heavy atom. The largest absolute Gasteiger partial charge is 0.300 e. The molecule has 6 nitrogen and oxygen atoms in total. The van der Waals surface area contributed by atoms with Gasteiger partial charge >= 0.3 is 0 Å². The average molecular weight is 395 g/mol. The third-order valence-electron chi connectivity index (χ3n) is 5.28. The van der Waals surface area contributed by atoms with Gasteiger partial charge < -0.3 is 5.10 Å². The second kappa shape index (κ2) is 7.22. The molecule has 2 aromatic carbocycles. The molecule has 0 saturated carbocycles. The summed E-state index contributed by atoms with van der Waals surface area (Å²) in [7, 11) is 0. The summed E-state index contributed by atoms with van der Waals surface area (Å²) in [5.74, 6) is 0.530. The molecule has 0 bridgehead atoms. The smallest absolute Gasteiger partial charge is 0.204 e. The molecule has 0 saturated heterocycles. The number of rotatable bonds is 5. The third kappa shape index (κ3) is 3.26. The first kappa shape index (κ1) is 18.2. The second-order valence-electron chi connectivity index (χ2n) is 7.77. The lowest BCUT2D eigenvalue weighted by atomic mass is 10.0. The second-order valence-corrected chi connectivity index (χ2v) is 7.77. The molecule has 30 heavy (non-hydrogen) atoms. The molecule has 0 amide bonds. The molecule has 3 aromatic heterocycles. The quantitative estimate of drug-likeness (QED) is 0.408. The summed E-state index contributed by atoms with van der Waals surface area (Å²) in [5, 5.41) is 7.47. The highest BCUT2D eigenvalue weighted by atomic mass is 16.1. The fourth-order valence-corrected chi connectivity index (χ4v) is 3.65. The minimum Gasteiger partial charge on any atom is -0.300 e. The van der Waals surface area contributed by atoms with E-state index < -0.39 is 0 Å². The van der Waals surface area contributed by atoms with Gasteiger partial charge in [0.2, 0.25) is 5.78 Å². The number of nitrogens with zero attached hydrogens (tertiary/aromatic N) is 3. The van der Waals surface area contributed by atoms with Crippen molar-refractivity contribution < 1.29 is 4.79 Å². The molecule has 5 rings (SSSR count). The van der Waals surface area contributed by atoms with E-state index in [1.807, 2.05) is 54.7 Å². The molecular formula is C24H21N5O. The number of carbonyl (C=O) groups excluding carboxylic acids is 1. The van der Waals surface area contributed by atoms with Crippen LogP contribution in [0, 0.1) is 0 Å². The predicted molar refractivity (Wildman–Crippen MR) is 118 cm³/mol. The molecular weight excluding hydrogens is 374 g/mol. The normalized spacial score (nSPS) is 11.6. The van der Waals surface area contributed by atoms with Crippen LogP contribution in [0.4, 0.5) is 0 Å². The van der Waals surface area contributed by atoms with Crippen LogP contribution in [-0.2, 0) is 6.42 Å². The van der Waals surface area contributed by atoms with Crippen LogP contribution in [0.25, 0.3) is 33.2 Å². The highest BCUT2D eigenvalue weighted by molar-refractivity contribution is 6.03. The van der Waals surface area contributed by atoms with E-state index in [2.05, 4.69) is 45.1 Å². The number of Topliss-reactive ketones (excluding diaryl/α,β-unsaturated/α-hetero) is 1. The minimum atomic E-state index is -0.0800. The van der Waals surface area contributed by atoms with Crippen molar-refractivity contribution in [2.24, 2.45) is 0 Å². The van der Waals surface area contributed by atoms with Crippen LogP contribution in [0.15, 0.2) is 60.8 Å². The number of imidazole rings is 1. The summed E-state index contributed by atoms with van der Waals surface area (Å²) in [4.78, 5) is 26.1. The molecule has 0 aliphatic carbocycles. The van der Waals surface area contributed by atoms with Gasteiger partial charge in [-0.2, -0.15) is 0 Å². The summed E-state index contributed by atoms with van der Waals surface area (Å²) in [6, 6.07) is 17.7. The van der Waals surface area contributed by atoms with Gasteiger partial charge in [-0.25, -0.2) is 9.97 Å². The average Bonchev–Trinajstić information content (AvgIpc) is 3.36. The molecule has 0 atom stereocenters. The SMILES string of the molecule is CC(C)c1cc(-c2[nH][nH]c3cc4nc(C(=O)Cc5ccccc5)nc4cc23)ccn1. The number of ketones is 1. The molecule has 0 aliphatic heterocycles. The maximum Gasteiger partial charge on any atom is 0.204 e. The number of carbonyl (C=O) groups is 1. The molecule has 0 fully saturated rings. The Morgan fingerprint density at radius 3 is 2.50 bits per heavy atom. The van der Waals surface area contributed by atoms with Gasteiger partial charge in [-0.3, -0.25) is 14.9 Å². The fraction of sp³-hybridized carbons (Fsp3) is 0.167. The van der Waals surface area contributed by atoms with Crippen molar-refractivity contribution in [2.75, 3.05) is 0 Å². The Morgan fingerprint density at radius 2 is 1.73 bits per heavy atom. The lowest BCUT2D eigenvalue weighted by molar-refractivity contribution is 0.0984. The van der Waals surface area contributed by atoms with Crippen LogP contribution in [0.2, 0.25) is 0 Å². The Hall–Kier alpha value is -3.80. The molecule has 0 spiro atoms. The van der Waals surface area contributed by atoms with Crippen molar-refractivity contribution in [1.82, 2.24) is 25.1 Å². The molecule has 6 heteroatoms. The van der Waals surface area contributed by atoms with Crippen LogP contribution in [0.5, 0.6) is 0 Å². The van der Waals surface area contributed by atoms with Gasteiger partial charge in [0, 0.05) is 29.3 Å². The monoisotopic (exact) mass is 395 g/mol. The summed E-state index contributed by atoms with van der Waals surface area (Å²) in [6.45, 7) is 4.25. The lowest BCUT2D eigenvalue weighted by Gasteiger charge is -2.06. The first-order valence-corrected chi connectivity index (χ1v) is 10.00. The van der Waals surface area contributed by atoms with E-state index in [4.69, 9.17) is 0 Å². The lowest BCUT2D eigenvalue weighted by Crippen LogP contribution is -2.05. The molecule has 2 N–H and O–H groups in total. The summed E-state index contributed by atoms with van der Waals surface area (Å²) >= 11 is 0. The number of hydrogen-bond acceptors (Lipinski definition) is 4. The summed E-state index contributed by atoms with van der Waals surface area (Å²) in [6.07, 6.45) is 2.13. The van der Waals surface area contributed by atoms with Crippen LogP contribution in [-0.4, -0.2) is 30.9 Å². The van der Waals surface area contributed by atoms with E-state index in [-0.39, 0.29) is 11.6 Å². The van der Waals surface area contributed by atoms with Crippen LogP contribution >= 0.6 is 0 Å². The zero-order valence-electron chi connectivity index (χ0n) is 16.8. The van der Waals surface area contributed by atoms with Gasteiger partial charge in [0.1, 0.15) is 0 Å². The highest BCUT2D eigenvalue weighted by Gasteiger charge is 2.16. The van der Waals surface area contributed by atoms with E-state index in [0.29, 0.717) is 23.4 Å². The number of pyridine rings is 1. The number of nitrogens with one attached hydrogen (secondary N) is 2.